The summed E-state index contributed by atoms with van der Waals surface area (Å²) in [5.74, 6) is -1.82. The predicted octanol–water partition coefficient (Wildman–Crippen LogP) is 1.40. The number of hydrogen-bond donors (Lipinski definition) is 2. The van der Waals surface area contributed by atoms with Crippen LogP contribution >= 0.6 is 15.9 Å². The molecule has 0 aliphatic carbocycles. The summed E-state index contributed by atoms with van der Waals surface area (Å²) in [5, 5.41) is 11.0. The van der Waals surface area contributed by atoms with Crippen LogP contribution in [0.2, 0.25) is 0 Å². The average molecular weight is 353 g/mol. The quantitative estimate of drug-likeness (QED) is 0.634. The van der Waals surface area contributed by atoms with Crippen molar-refractivity contribution in [2.45, 2.75) is 13.0 Å². The molecule has 0 aromatic heterocycles. The van der Waals surface area contributed by atoms with Crippen molar-refractivity contribution in [3.63, 3.8) is 0 Å². The van der Waals surface area contributed by atoms with Crippen molar-refractivity contribution >= 4 is 45.5 Å². The zero-order chi connectivity index (χ0) is 15.6. The van der Waals surface area contributed by atoms with E-state index in [0.29, 0.717) is 11.3 Å². The van der Waals surface area contributed by atoms with E-state index >= 15 is 0 Å². The smallest absolute Gasteiger partial charge is 0.328 e. The Morgan fingerprint density at radius 1 is 1.48 bits per heavy atom. The number of halogens is 1. The Morgan fingerprint density at radius 2 is 2.19 bits per heavy atom. The summed E-state index contributed by atoms with van der Waals surface area (Å²) >= 11 is 3.34. The summed E-state index contributed by atoms with van der Waals surface area (Å²) in [4.78, 5) is 35.6. The van der Waals surface area contributed by atoms with E-state index in [9.17, 15) is 14.4 Å². The van der Waals surface area contributed by atoms with Crippen molar-refractivity contribution in [1.29, 1.82) is 0 Å². The molecule has 0 saturated carbocycles. The summed E-state index contributed by atoms with van der Waals surface area (Å²) < 4.78 is 0.774. The maximum Gasteiger partial charge on any atom is 0.328 e. The molecular weight excluding hydrogens is 340 g/mol. The second-order valence-corrected chi connectivity index (χ2v) is 5.51. The lowest BCUT2D eigenvalue weighted by molar-refractivity contribution is -0.133. The molecule has 0 bridgehead atoms. The molecule has 2 rings (SSSR count). The fourth-order valence-electron chi connectivity index (χ4n) is 2.08. The van der Waals surface area contributed by atoms with Crippen LogP contribution in [-0.2, 0) is 14.4 Å². The maximum atomic E-state index is 11.8. The Hall–Kier alpha value is -2.15. The van der Waals surface area contributed by atoms with Crippen molar-refractivity contribution in [3.05, 3.63) is 34.3 Å². The van der Waals surface area contributed by atoms with Crippen molar-refractivity contribution in [2.24, 2.45) is 0 Å². The lowest BCUT2D eigenvalue weighted by Gasteiger charge is -2.34. The Labute approximate surface area is 129 Å². The van der Waals surface area contributed by atoms with Gasteiger partial charge < -0.3 is 10.0 Å². The summed E-state index contributed by atoms with van der Waals surface area (Å²) in [5.41, 5.74) is 1.24. The van der Waals surface area contributed by atoms with E-state index in [1.165, 1.54) is 6.08 Å². The molecule has 1 atom stereocenters. The zero-order valence-electron chi connectivity index (χ0n) is 11.2. The fraction of sp³-hybridized carbons (Fsp3) is 0.214. The van der Waals surface area contributed by atoms with E-state index in [1.807, 2.05) is 0 Å². The zero-order valence-corrected chi connectivity index (χ0v) is 12.8. The van der Waals surface area contributed by atoms with Gasteiger partial charge in [0.15, 0.2) is 0 Å². The molecule has 1 fully saturated rings. The fourth-order valence-corrected chi connectivity index (χ4v) is 2.42. The van der Waals surface area contributed by atoms with Crippen molar-refractivity contribution in [3.8, 4) is 0 Å². The van der Waals surface area contributed by atoms with Gasteiger partial charge in [-0.3, -0.25) is 14.9 Å². The molecule has 1 heterocycles. The molecule has 1 unspecified atom stereocenters. The molecule has 6 nitrogen and oxygen atoms in total. The van der Waals surface area contributed by atoms with Crippen molar-refractivity contribution in [2.75, 3.05) is 11.4 Å². The Morgan fingerprint density at radius 3 is 2.86 bits per heavy atom. The number of anilines is 1. The normalized spacial score (nSPS) is 19.0. The standard InChI is InChI=1S/C14H13BrN2O4/c1-8-14(21)16-12(18)7-17(8)11-6-10(15)4-2-9(11)3-5-13(19)20/h2-6,8H,7H2,1H3,(H,19,20)(H,16,18,21). The van der Waals surface area contributed by atoms with Crippen molar-refractivity contribution in [1.82, 2.24) is 5.32 Å². The highest BCUT2D eigenvalue weighted by Gasteiger charge is 2.31. The minimum atomic E-state index is -1.07. The highest BCUT2D eigenvalue weighted by atomic mass is 79.9. The average Bonchev–Trinajstić information content (AvgIpc) is 2.41. The number of nitrogens with zero attached hydrogens (tertiary/aromatic N) is 1. The minimum absolute atomic E-state index is 0.0390. The minimum Gasteiger partial charge on any atom is -0.478 e. The number of carboxylic acids is 1. The molecule has 1 aliphatic heterocycles. The predicted molar refractivity (Wildman–Crippen MR) is 80.8 cm³/mol. The molecule has 2 amide bonds. The lowest BCUT2D eigenvalue weighted by Crippen LogP contribution is -2.57. The monoisotopic (exact) mass is 352 g/mol. The molecule has 1 saturated heterocycles. The van der Waals surface area contributed by atoms with Gasteiger partial charge in [0.25, 0.3) is 0 Å². The first-order valence-electron chi connectivity index (χ1n) is 6.19. The third-order valence-electron chi connectivity index (χ3n) is 3.13. The number of aliphatic carboxylic acids is 1. The SMILES string of the molecule is CC1C(=O)NC(=O)CN1c1cc(Br)ccc1C=CC(=O)O. The summed E-state index contributed by atoms with van der Waals surface area (Å²) in [6, 6.07) is 4.72. The van der Waals surface area contributed by atoms with Crippen LogP contribution in [0.1, 0.15) is 12.5 Å². The van der Waals surface area contributed by atoms with E-state index in [-0.39, 0.29) is 18.4 Å². The van der Waals surface area contributed by atoms with E-state index in [2.05, 4.69) is 21.2 Å². The first-order chi connectivity index (χ1) is 9.88. The van der Waals surface area contributed by atoms with E-state index in [0.717, 1.165) is 10.5 Å². The number of rotatable bonds is 3. The van der Waals surface area contributed by atoms with Gasteiger partial charge in [-0.1, -0.05) is 22.0 Å². The van der Waals surface area contributed by atoms with Gasteiger partial charge in [0.05, 0.1) is 6.54 Å². The van der Waals surface area contributed by atoms with Crippen LogP contribution in [0.5, 0.6) is 0 Å². The van der Waals surface area contributed by atoms with E-state index in [4.69, 9.17) is 5.11 Å². The number of carbonyl (C=O) groups is 3. The molecule has 110 valence electrons. The van der Waals surface area contributed by atoms with Gasteiger partial charge in [-0.15, -0.1) is 0 Å². The topological polar surface area (TPSA) is 86.7 Å². The third kappa shape index (κ3) is 3.49. The van der Waals surface area contributed by atoms with Crippen LogP contribution in [-0.4, -0.2) is 35.5 Å². The first-order valence-corrected chi connectivity index (χ1v) is 6.98. The first kappa shape index (κ1) is 15.2. The molecule has 21 heavy (non-hydrogen) atoms. The van der Waals surface area contributed by atoms with Crippen LogP contribution in [0.4, 0.5) is 5.69 Å². The largest absolute Gasteiger partial charge is 0.478 e. The highest BCUT2D eigenvalue weighted by Crippen LogP contribution is 2.28. The molecule has 0 radical (unpaired) electrons. The van der Waals surface area contributed by atoms with Gasteiger partial charge in [0.1, 0.15) is 6.04 Å². The molecular formula is C14H13BrN2O4. The van der Waals surface area contributed by atoms with Gasteiger partial charge in [0.2, 0.25) is 11.8 Å². The molecule has 1 aromatic rings. The maximum absolute atomic E-state index is 11.8. The Balaban J connectivity index is 2.45. The highest BCUT2D eigenvalue weighted by molar-refractivity contribution is 9.10. The van der Waals surface area contributed by atoms with Gasteiger partial charge >= 0.3 is 5.97 Å². The number of piperazine rings is 1. The van der Waals surface area contributed by atoms with E-state index in [1.54, 1.807) is 30.0 Å². The Kier molecular flexibility index (Phi) is 4.42. The number of hydrogen-bond acceptors (Lipinski definition) is 4. The van der Waals surface area contributed by atoms with Crippen LogP contribution in [0.25, 0.3) is 6.08 Å². The second kappa shape index (κ2) is 6.09. The molecule has 7 heteroatoms. The third-order valence-corrected chi connectivity index (χ3v) is 3.62. The van der Waals surface area contributed by atoms with Crippen LogP contribution in [0.15, 0.2) is 28.7 Å². The molecule has 1 aliphatic rings. The summed E-state index contributed by atoms with van der Waals surface area (Å²) in [6.07, 6.45) is 2.46. The second-order valence-electron chi connectivity index (χ2n) is 4.59. The van der Waals surface area contributed by atoms with Crippen molar-refractivity contribution < 1.29 is 19.5 Å². The molecule has 0 spiro atoms. The Bertz CT molecular complexity index is 642. The van der Waals surface area contributed by atoms with Crippen LogP contribution in [0, 0.1) is 0 Å². The van der Waals surface area contributed by atoms with Crippen LogP contribution in [0.3, 0.4) is 0 Å². The van der Waals surface area contributed by atoms with Gasteiger partial charge in [-0.05, 0) is 30.7 Å². The van der Waals surface area contributed by atoms with E-state index < -0.39 is 12.0 Å². The number of nitrogens with one attached hydrogen (secondary N) is 1. The number of carboxylic acid groups (broad SMARTS) is 1. The summed E-state index contributed by atoms with van der Waals surface area (Å²) in [6.45, 7) is 1.73. The number of carbonyl (C=O) groups excluding carboxylic acids is 2. The number of imide groups is 1. The summed E-state index contributed by atoms with van der Waals surface area (Å²) in [7, 11) is 0. The number of amides is 2. The van der Waals surface area contributed by atoms with Gasteiger partial charge in [0, 0.05) is 16.2 Å². The van der Waals surface area contributed by atoms with Crippen LogP contribution < -0.4 is 10.2 Å². The lowest BCUT2D eigenvalue weighted by atomic mass is 10.1. The van der Waals surface area contributed by atoms with Gasteiger partial charge in [-0.25, -0.2) is 4.79 Å². The molecule has 2 N–H and O–H groups in total. The van der Waals surface area contributed by atoms with Gasteiger partial charge in [-0.2, -0.15) is 0 Å². The molecule has 1 aromatic carbocycles. The number of benzene rings is 1.